The van der Waals surface area contributed by atoms with Crippen molar-refractivity contribution in [3.8, 4) is 17.0 Å². The number of carboxylic acids is 1. The van der Waals surface area contributed by atoms with Crippen molar-refractivity contribution in [3.05, 3.63) is 48.2 Å². The van der Waals surface area contributed by atoms with Gasteiger partial charge in [0.2, 0.25) is 0 Å². The smallest absolute Gasteiger partial charge is 0.480 e. The SMILES string of the molecule is O=C(O)CN1CC[C@H](c2ccnc(-c3ccccc3OC(F)(F)F)c2)C1. The molecule has 26 heavy (non-hydrogen) atoms. The lowest BCUT2D eigenvalue weighted by Crippen LogP contribution is -2.27. The molecule has 3 rings (SSSR count). The van der Waals surface area contributed by atoms with Crippen molar-refractivity contribution >= 4 is 5.97 Å². The summed E-state index contributed by atoms with van der Waals surface area (Å²) in [6.07, 6.45) is -2.44. The second kappa shape index (κ2) is 7.33. The van der Waals surface area contributed by atoms with Gasteiger partial charge in [-0.2, -0.15) is 0 Å². The number of alkyl halides is 3. The number of ether oxygens (including phenoxy) is 1. The monoisotopic (exact) mass is 366 g/mol. The van der Waals surface area contributed by atoms with Gasteiger partial charge in [-0.1, -0.05) is 12.1 Å². The number of aliphatic carboxylic acids is 1. The van der Waals surface area contributed by atoms with Crippen LogP contribution in [0.15, 0.2) is 42.6 Å². The Morgan fingerprint density at radius 1 is 1.31 bits per heavy atom. The third-order valence-corrected chi connectivity index (χ3v) is 4.28. The zero-order chi connectivity index (χ0) is 18.7. The second-order valence-corrected chi connectivity index (χ2v) is 6.13. The van der Waals surface area contributed by atoms with E-state index in [0.29, 0.717) is 18.8 Å². The number of likely N-dealkylation sites (tertiary alicyclic amines) is 1. The van der Waals surface area contributed by atoms with Crippen molar-refractivity contribution in [1.82, 2.24) is 9.88 Å². The maximum atomic E-state index is 12.6. The van der Waals surface area contributed by atoms with Crippen LogP contribution in [0, 0.1) is 0 Å². The van der Waals surface area contributed by atoms with Crippen LogP contribution in [-0.4, -0.2) is 47.0 Å². The van der Waals surface area contributed by atoms with Crippen molar-refractivity contribution in [2.75, 3.05) is 19.6 Å². The molecule has 1 atom stereocenters. The van der Waals surface area contributed by atoms with E-state index < -0.39 is 12.3 Å². The van der Waals surface area contributed by atoms with E-state index in [2.05, 4.69) is 9.72 Å². The summed E-state index contributed by atoms with van der Waals surface area (Å²) in [5.41, 5.74) is 1.57. The summed E-state index contributed by atoms with van der Waals surface area (Å²) in [6, 6.07) is 9.42. The van der Waals surface area contributed by atoms with Gasteiger partial charge >= 0.3 is 12.3 Å². The van der Waals surface area contributed by atoms with Crippen LogP contribution in [0.1, 0.15) is 17.9 Å². The fourth-order valence-electron chi connectivity index (χ4n) is 3.18. The Hall–Kier alpha value is -2.61. The molecular weight excluding hydrogens is 349 g/mol. The molecule has 0 amide bonds. The maximum Gasteiger partial charge on any atom is 0.573 e. The van der Waals surface area contributed by atoms with Crippen LogP contribution in [0.4, 0.5) is 13.2 Å². The van der Waals surface area contributed by atoms with Crippen molar-refractivity contribution in [3.63, 3.8) is 0 Å². The van der Waals surface area contributed by atoms with E-state index in [9.17, 15) is 18.0 Å². The second-order valence-electron chi connectivity index (χ2n) is 6.13. The Bertz CT molecular complexity index is 795. The van der Waals surface area contributed by atoms with E-state index in [0.717, 1.165) is 12.0 Å². The first-order chi connectivity index (χ1) is 12.3. The van der Waals surface area contributed by atoms with E-state index in [-0.39, 0.29) is 23.8 Å². The maximum absolute atomic E-state index is 12.6. The number of rotatable bonds is 5. The minimum atomic E-state index is -4.78. The Balaban J connectivity index is 1.84. The number of carbonyl (C=O) groups is 1. The summed E-state index contributed by atoms with van der Waals surface area (Å²) in [5.74, 6) is -1.06. The van der Waals surface area contributed by atoms with Gasteiger partial charge in [-0.25, -0.2) is 0 Å². The summed E-state index contributed by atoms with van der Waals surface area (Å²) in [6.45, 7) is 1.25. The Morgan fingerprint density at radius 2 is 2.08 bits per heavy atom. The van der Waals surface area contributed by atoms with Gasteiger partial charge in [-0.05, 0) is 48.7 Å². The highest BCUT2D eigenvalue weighted by molar-refractivity contribution is 5.69. The normalized spacial score (nSPS) is 18.0. The highest BCUT2D eigenvalue weighted by Gasteiger charge is 2.32. The predicted octanol–water partition coefficient (Wildman–Crippen LogP) is 3.52. The van der Waals surface area contributed by atoms with Crippen molar-refractivity contribution in [1.29, 1.82) is 0 Å². The molecule has 1 N–H and O–H groups in total. The standard InChI is InChI=1S/C18H17F3N2O3/c19-18(20,21)26-16-4-2-1-3-14(16)15-9-12(5-7-22-15)13-6-8-23(10-13)11-17(24)25/h1-5,7,9,13H,6,8,10-11H2,(H,24,25)/t13-/m0/s1. The molecule has 0 bridgehead atoms. The topological polar surface area (TPSA) is 62.7 Å². The number of nitrogens with zero attached hydrogens (tertiary/aromatic N) is 2. The van der Waals surface area contributed by atoms with Gasteiger partial charge in [0.15, 0.2) is 0 Å². The molecule has 0 unspecified atom stereocenters. The van der Waals surface area contributed by atoms with E-state index in [4.69, 9.17) is 5.11 Å². The molecule has 1 saturated heterocycles. The van der Waals surface area contributed by atoms with Gasteiger partial charge in [0.05, 0.1) is 12.2 Å². The first kappa shape index (κ1) is 18.2. The van der Waals surface area contributed by atoms with Crippen molar-refractivity contribution in [2.24, 2.45) is 0 Å². The minimum absolute atomic E-state index is 0.0172. The molecular formula is C18H17F3N2O3. The molecule has 1 aromatic carbocycles. The highest BCUT2D eigenvalue weighted by atomic mass is 19.4. The molecule has 0 saturated carbocycles. The lowest BCUT2D eigenvalue weighted by Gasteiger charge is -2.15. The number of carboxylic acid groups (broad SMARTS) is 1. The number of aromatic nitrogens is 1. The lowest BCUT2D eigenvalue weighted by atomic mass is 9.97. The largest absolute Gasteiger partial charge is 0.573 e. The Kier molecular flexibility index (Phi) is 5.13. The summed E-state index contributed by atoms with van der Waals surface area (Å²) < 4.78 is 41.9. The molecule has 0 aliphatic carbocycles. The molecule has 138 valence electrons. The van der Waals surface area contributed by atoms with Gasteiger partial charge in [-0.15, -0.1) is 13.2 Å². The van der Waals surface area contributed by atoms with Crippen LogP contribution in [0.5, 0.6) is 5.75 Å². The van der Waals surface area contributed by atoms with E-state index >= 15 is 0 Å². The molecule has 0 radical (unpaired) electrons. The number of hydrogen-bond donors (Lipinski definition) is 1. The number of benzene rings is 1. The first-order valence-electron chi connectivity index (χ1n) is 8.07. The lowest BCUT2D eigenvalue weighted by molar-refractivity contribution is -0.274. The highest BCUT2D eigenvalue weighted by Crippen LogP contribution is 2.35. The number of halogens is 3. The quantitative estimate of drug-likeness (QED) is 0.877. The molecule has 8 heteroatoms. The molecule has 0 spiro atoms. The summed E-state index contributed by atoms with van der Waals surface area (Å²) in [4.78, 5) is 16.9. The molecule has 5 nitrogen and oxygen atoms in total. The average Bonchev–Trinajstić information content (AvgIpc) is 3.02. The summed E-state index contributed by atoms with van der Waals surface area (Å²) >= 11 is 0. The number of pyridine rings is 1. The Labute approximate surface area is 148 Å². The molecule has 2 heterocycles. The van der Waals surface area contributed by atoms with Crippen LogP contribution < -0.4 is 4.74 Å². The summed E-state index contributed by atoms with van der Waals surface area (Å²) in [5, 5.41) is 8.89. The van der Waals surface area contributed by atoms with Crippen LogP contribution >= 0.6 is 0 Å². The third kappa shape index (κ3) is 4.51. The van der Waals surface area contributed by atoms with Crippen LogP contribution in [-0.2, 0) is 4.79 Å². The molecule has 1 aromatic heterocycles. The van der Waals surface area contributed by atoms with Gasteiger partial charge in [-0.3, -0.25) is 14.7 Å². The van der Waals surface area contributed by atoms with Crippen LogP contribution in [0.2, 0.25) is 0 Å². The summed E-state index contributed by atoms with van der Waals surface area (Å²) in [7, 11) is 0. The Morgan fingerprint density at radius 3 is 2.81 bits per heavy atom. The minimum Gasteiger partial charge on any atom is -0.480 e. The van der Waals surface area contributed by atoms with E-state index in [1.807, 2.05) is 11.0 Å². The van der Waals surface area contributed by atoms with E-state index in [1.54, 1.807) is 18.3 Å². The molecule has 2 aromatic rings. The number of hydrogen-bond acceptors (Lipinski definition) is 4. The predicted molar refractivity (Wildman–Crippen MR) is 87.8 cm³/mol. The zero-order valence-electron chi connectivity index (χ0n) is 13.7. The average molecular weight is 366 g/mol. The van der Waals surface area contributed by atoms with Crippen molar-refractivity contribution in [2.45, 2.75) is 18.7 Å². The van der Waals surface area contributed by atoms with Gasteiger partial charge in [0.25, 0.3) is 0 Å². The van der Waals surface area contributed by atoms with E-state index in [1.165, 1.54) is 18.2 Å². The van der Waals surface area contributed by atoms with Crippen LogP contribution in [0.3, 0.4) is 0 Å². The third-order valence-electron chi connectivity index (χ3n) is 4.28. The van der Waals surface area contributed by atoms with Gasteiger partial charge in [0.1, 0.15) is 5.75 Å². The molecule has 1 fully saturated rings. The fourth-order valence-corrected chi connectivity index (χ4v) is 3.18. The molecule has 1 aliphatic heterocycles. The zero-order valence-corrected chi connectivity index (χ0v) is 13.7. The first-order valence-corrected chi connectivity index (χ1v) is 8.07. The number of para-hydroxylation sites is 1. The van der Waals surface area contributed by atoms with Gasteiger partial charge in [0, 0.05) is 18.3 Å². The van der Waals surface area contributed by atoms with Gasteiger partial charge < -0.3 is 9.84 Å². The van der Waals surface area contributed by atoms with Crippen LogP contribution in [0.25, 0.3) is 11.3 Å². The molecule has 1 aliphatic rings. The van der Waals surface area contributed by atoms with Crippen molar-refractivity contribution < 1.29 is 27.8 Å². The fraction of sp³-hybridized carbons (Fsp3) is 0.333.